The molecule has 1 amide bonds. The normalized spacial score (nSPS) is 11.8. The minimum Gasteiger partial charge on any atom is -0.480 e. The maximum absolute atomic E-state index is 11.7. The van der Waals surface area contributed by atoms with E-state index in [-0.39, 0.29) is 12.5 Å². The smallest absolute Gasteiger partial charge is 0.325 e. The van der Waals surface area contributed by atoms with Crippen LogP contribution in [0.5, 0.6) is 0 Å². The van der Waals surface area contributed by atoms with Gasteiger partial charge in [-0.05, 0) is 17.0 Å². The number of hydrogen-bond donors (Lipinski definition) is 3. The van der Waals surface area contributed by atoms with Crippen LogP contribution in [0, 0.1) is 0 Å². The Morgan fingerprint density at radius 3 is 2.52 bits per heavy atom. The first kappa shape index (κ1) is 15.2. The van der Waals surface area contributed by atoms with Crippen LogP contribution in [0.4, 0.5) is 0 Å². The molecule has 0 saturated heterocycles. The lowest BCUT2D eigenvalue weighted by Crippen LogP contribution is -2.38. The number of amides is 1. The highest BCUT2D eigenvalue weighted by molar-refractivity contribution is 7.09. The van der Waals surface area contributed by atoms with Crippen molar-refractivity contribution in [2.45, 2.75) is 12.6 Å². The summed E-state index contributed by atoms with van der Waals surface area (Å²) in [5.41, 5.74) is 0.621. The van der Waals surface area contributed by atoms with Crippen molar-refractivity contribution in [2.24, 2.45) is 0 Å². The number of carboxylic acids is 1. The fourth-order valence-corrected chi connectivity index (χ4v) is 2.49. The Bertz CT molecular complexity index is 584. The van der Waals surface area contributed by atoms with Gasteiger partial charge in [0.25, 0.3) is 0 Å². The minimum atomic E-state index is -1.01. The molecular formula is C15H16N2O3S. The number of carbonyl (C=O) groups is 2. The van der Waals surface area contributed by atoms with Crippen LogP contribution in [-0.4, -0.2) is 23.5 Å². The molecule has 6 heteroatoms. The maximum Gasteiger partial charge on any atom is 0.325 e. The molecule has 0 bridgehead atoms. The molecule has 0 fully saturated rings. The third kappa shape index (κ3) is 4.70. The monoisotopic (exact) mass is 304 g/mol. The van der Waals surface area contributed by atoms with E-state index >= 15 is 0 Å². The third-order valence-electron chi connectivity index (χ3n) is 2.89. The highest BCUT2D eigenvalue weighted by atomic mass is 32.1. The van der Waals surface area contributed by atoms with E-state index in [4.69, 9.17) is 0 Å². The number of hydrogen-bond acceptors (Lipinski definition) is 4. The molecule has 1 aromatic heterocycles. The molecule has 110 valence electrons. The molecule has 21 heavy (non-hydrogen) atoms. The van der Waals surface area contributed by atoms with Crippen LogP contribution in [0.15, 0.2) is 47.8 Å². The number of aliphatic carboxylic acids is 1. The van der Waals surface area contributed by atoms with Crippen LogP contribution in [0.25, 0.3) is 0 Å². The van der Waals surface area contributed by atoms with Gasteiger partial charge in [0, 0.05) is 4.88 Å². The van der Waals surface area contributed by atoms with Crippen molar-refractivity contribution in [3.63, 3.8) is 0 Å². The molecule has 1 atom stereocenters. The molecule has 0 spiro atoms. The Kier molecular flexibility index (Phi) is 5.48. The molecule has 0 saturated carbocycles. The summed E-state index contributed by atoms with van der Waals surface area (Å²) in [6.07, 6.45) is 0. The lowest BCUT2D eigenvalue weighted by molar-refractivity contribution is -0.139. The lowest BCUT2D eigenvalue weighted by Gasteiger charge is -2.14. The van der Waals surface area contributed by atoms with Crippen LogP contribution < -0.4 is 10.6 Å². The van der Waals surface area contributed by atoms with E-state index in [9.17, 15) is 14.7 Å². The SMILES string of the molecule is O=C(CNC(C(=O)O)c1ccccc1)NCc1cccs1. The summed E-state index contributed by atoms with van der Waals surface area (Å²) in [5.74, 6) is -1.24. The molecule has 5 nitrogen and oxygen atoms in total. The minimum absolute atomic E-state index is 0.0444. The Hall–Kier alpha value is -2.18. The first-order chi connectivity index (χ1) is 10.2. The second kappa shape index (κ2) is 7.56. The van der Waals surface area contributed by atoms with Crippen molar-refractivity contribution < 1.29 is 14.7 Å². The van der Waals surface area contributed by atoms with Crippen LogP contribution in [0.1, 0.15) is 16.5 Å². The first-order valence-corrected chi connectivity index (χ1v) is 7.35. The Morgan fingerprint density at radius 1 is 1.14 bits per heavy atom. The average molecular weight is 304 g/mol. The van der Waals surface area contributed by atoms with Gasteiger partial charge in [-0.2, -0.15) is 0 Å². The van der Waals surface area contributed by atoms with Gasteiger partial charge in [-0.1, -0.05) is 36.4 Å². The lowest BCUT2D eigenvalue weighted by atomic mass is 10.1. The predicted molar refractivity (Wildman–Crippen MR) is 81.0 cm³/mol. The Morgan fingerprint density at radius 2 is 1.90 bits per heavy atom. The van der Waals surface area contributed by atoms with Crippen molar-refractivity contribution in [1.82, 2.24) is 10.6 Å². The molecule has 0 aliphatic heterocycles. The van der Waals surface area contributed by atoms with Gasteiger partial charge in [0.1, 0.15) is 6.04 Å². The topological polar surface area (TPSA) is 78.4 Å². The van der Waals surface area contributed by atoms with Crippen LogP contribution in [0.3, 0.4) is 0 Å². The summed E-state index contributed by atoms with van der Waals surface area (Å²) >= 11 is 1.56. The molecule has 1 unspecified atom stereocenters. The van der Waals surface area contributed by atoms with Gasteiger partial charge < -0.3 is 10.4 Å². The summed E-state index contributed by atoms with van der Waals surface area (Å²) in [6, 6.07) is 11.7. The maximum atomic E-state index is 11.7. The molecule has 1 aromatic carbocycles. The average Bonchev–Trinajstić information content (AvgIpc) is 2.99. The zero-order valence-corrected chi connectivity index (χ0v) is 12.1. The van der Waals surface area contributed by atoms with E-state index in [2.05, 4.69) is 10.6 Å². The van der Waals surface area contributed by atoms with Gasteiger partial charge in [-0.15, -0.1) is 11.3 Å². The fourth-order valence-electron chi connectivity index (χ4n) is 1.85. The van der Waals surface area contributed by atoms with E-state index in [1.54, 1.807) is 35.6 Å². The number of nitrogens with one attached hydrogen (secondary N) is 2. The second-order valence-electron chi connectivity index (χ2n) is 4.42. The molecule has 0 aliphatic carbocycles. The number of thiophene rings is 1. The number of carboxylic acid groups (broad SMARTS) is 1. The quantitative estimate of drug-likeness (QED) is 0.728. The van der Waals surface area contributed by atoms with Gasteiger partial charge in [0.15, 0.2) is 0 Å². The number of benzene rings is 1. The molecule has 2 rings (SSSR count). The molecule has 1 heterocycles. The van der Waals surface area contributed by atoms with Crippen molar-refractivity contribution >= 4 is 23.2 Å². The van der Waals surface area contributed by atoms with Crippen molar-refractivity contribution in [1.29, 1.82) is 0 Å². The van der Waals surface area contributed by atoms with Crippen LogP contribution >= 0.6 is 11.3 Å². The molecular weight excluding hydrogens is 288 g/mol. The first-order valence-electron chi connectivity index (χ1n) is 6.47. The van der Waals surface area contributed by atoms with Crippen molar-refractivity contribution in [3.05, 3.63) is 58.3 Å². The molecule has 0 aliphatic rings. The van der Waals surface area contributed by atoms with Crippen LogP contribution in [0.2, 0.25) is 0 Å². The van der Waals surface area contributed by atoms with E-state index in [0.717, 1.165) is 4.88 Å². The standard InChI is InChI=1S/C15H16N2O3S/c18-13(16-9-12-7-4-8-21-12)10-17-14(15(19)20)11-5-2-1-3-6-11/h1-8,14,17H,9-10H2,(H,16,18)(H,19,20). The Balaban J connectivity index is 1.84. The molecule has 2 aromatic rings. The zero-order chi connectivity index (χ0) is 15.1. The van der Waals surface area contributed by atoms with Gasteiger partial charge in [0.05, 0.1) is 13.1 Å². The van der Waals surface area contributed by atoms with E-state index in [1.165, 1.54) is 0 Å². The summed E-state index contributed by atoms with van der Waals surface area (Å²) in [7, 11) is 0. The van der Waals surface area contributed by atoms with Crippen molar-refractivity contribution in [2.75, 3.05) is 6.54 Å². The van der Waals surface area contributed by atoms with E-state index in [1.807, 2.05) is 23.6 Å². The highest BCUT2D eigenvalue weighted by Gasteiger charge is 2.19. The second-order valence-corrected chi connectivity index (χ2v) is 5.45. The predicted octanol–water partition coefficient (Wildman–Crippen LogP) is 1.78. The van der Waals surface area contributed by atoms with E-state index < -0.39 is 12.0 Å². The highest BCUT2D eigenvalue weighted by Crippen LogP contribution is 2.12. The van der Waals surface area contributed by atoms with Gasteiger partial charge in [-0.25, -0.2) is 0 Å². The Labute approximate surface area is 126 Å². The van der Waals surface area contributed by atoms with Crippen LogP contribution in [-0.2, 0) is 16.1 Å². The van der Waals surface area contributed by atoms with Gasteiger partial charge in [0.2, 0.25) is 5.91 Å². The van der Waals surface area contributed by atoms with Gasteiger partial charge in [-0.3, -0.25) is 14.9 Å². The molecule has 3 N–H and O–H groups in total. The molecule has 0 radical (unpaired) electrons. The summed E-state index contributed by atoms with van der Waals surface area (Å²) in [6.45, 7) is 0.415. The summed E-state index contributed by atoms with van der Waals surface area (Å²) in [5, 5.41) is 16.7. The fraction of sp³-hybridized carbons (Fsp3) is 0.200. The van der Waals surface area contributed by atoms with Crippen molar-refractivity contribution in [3.8, 4) is 0 Å². The summed E-state index contributed by atoms with van der Waals surface area (Å²) in [4.78, 5) is 24.1. The van der Waals surface area contributed by atoms with E-state index in [0.29, 0.717) is 12.1 Å². The number of carbonyl (C=O) groups excluding carboxylic acids is 1. The largest absolute Gasteiger partial charge is 0.480 e. The zero-order valence-electron chi connectivity index (χ0n) is 11.3. The summed E-state index contributed by atoms with van der Waals surface area (Å²) < 4.78 is 0. The third-order valence-corrected chi connectivity index (χ3v) is 3.76. The van der Waals surface area contributed by atoms with Gasteiger partial charge >= 0.3 is 5.97 Å². The number of rotatable bonds is 7.